The monoisotopic (exact) mass is 365 g/mol. The first-order chi connectivity index (χ1) is 13.1. The molecule has 0 unspecified atom stereocenters. The summed E-state index contributed by atoms with van der Waals surface area (Å²) >= 11 is 0. The Morgan fingerprint density at radius 3 is 2.63 bits per heavy atom. The number of Topliss-reactive ketones (excluding diaryl/α,β-unsaturated/α-hetero) is 1. The lowest BCUT2D eigenvalue weighted by atomic mass is 10.1. The topological polar surface area (TPSA) is 98.3 Å². The summed E-state index contributed by atoms with van der Waals surface area (Å²) in [5.41, 5.74) is 1.98. The predicted molar refractivity (Wildman–Crippen MR) is 102 cm³/mol. The second-order valence-corrected chi connectivity index (χ2v) is 5.62. The van der Waals surface area contributed by atoms with Gasteiger partial charge < -0.3 is 20.1 Å². The van der Waals surface area contributed by atoms with E-state index in [4.69, 9.17) is 9.47 Å². The highest BCUT2D eigenvalue weighted by Gasteiger charge is 2.08. The van der Waals surface area contributed by atoms with E-state index in [9.17, 15) is 4.79 Å². The van der Waals surface area contributed by atoms with Gasteiger partial charge in [-0.3, -0.25) is 4.79 Å². The second-order valence-electron chi connectivity index (χ2n) is 5.62. The maximum atomic E-state index is 11.5. The first-order valence-corrected chi connectivity index (χ1v) is 8.16. The molecule has 0 amide bonds. The summed E-state index contributed by atoms with van der Waals surface area (Å²) in [6, 6.07) is 12.5. The molecule has 2 aromatic carbocycles. The van der Waals surface area contributed by atoms with Crippen molar-refractivity contribution in [1.29, 1.82) is 0 Å². The molecule has 0 radical (unpaired) electrons. The van der Waals surface area contributed by atoms with Crippen molar-refractivity contribution in [3.8, 4) is 11.5 Å². The molecule has 27 heavy (non-hydrogen) atoms. The molecule has 0 saturated carbocycles. The van der Waals surface area contributed by atoms with Crippen LogP contribution in [0.25, 0.3) is 0 Å². The quantitative estimate of drug-likeness (QED) is 0.613. The van der Waals surface area contributed by atoms with Crippen molar-refractivity contribution in [2.45, 2.75) is 6.92 Å². The van der Waals surface area contributed by atoms with Gasteiger partial charge in [0.2, 0.25) is 5.95 Å². The van der Waals surface area contributed by atoms with Crippen molar-refractivity contribution in [2.24, 2.45) is 0 Å². The third kappa shape index (κ3) is 4.49. The van der Waals surface area contributed by atoms with E-state index in [2.05, 4.69) is 25.8 Å². The molecule has 0 aliphatic carbocycles. The zero-order chi connectivity index (χ0) is 19.2. The third-order valence-corrected chi connectivity index (χ3v) is 3.75. The van der Waals surface area contributed by atoms with Crippen LogP contribution in [-0.4, -0.2) is 35.2 Å². The number of rotatable bonds is 7. The molecular formula is C19H19N5O3. The van der Waals surface area contributed by atoms with Crippen LogP contribution in [0.4, 0.5) is 23.1 Å². The lowest BCUT2D eigenvalue weighted by Crippen LogP contribution is -2.04. The number of aromatic nitrogens is 3. The van der Waals surface area contributed by atoms with E-state index in [1.54, 1.807) is 50.6 Å². The molecule has 0 fully saturated rings. The molecular weight excluding hydrogens is 346 g/mol. The Balaban J connectivity index is 1.82. The standard InChI is InChI=1S/C19H19N5O3/c1-12(25)13-5-4-6-14(9-13)21-19-23-18(11-20-24-19)22-16-10-15(26-2)7-8-17(16)27-3/h4-11H,1-3H3,(H2,21,22,23,24). The van der Waals surface area contributed by atoms with Crippen LogP contribution in [0.15, 0.2) is 48.7 Å². The van der Waals surface area contributed by atoms with Gasteiger partial charge in [-0.25, -0.2) is 0 Å². The molecule has 3 aromatic rings. The largest absolute Gasteiger partial charge is 0.497 e. The second kappa shape index (κ2) is 8.13. The highest BCUT2D eigenvalue weighted by atomic mass is 16.5. The number of methoxy groups -OCH3 is 2. The number of anilines is 4. The fourth-order valence-corrected chi connectivity index (χ4v) is 2.41. The summed E-state index contributed by atoms with van der Waals surface area (Å²) < 4.78 is 10.6. The van der Waals surface area contributed by atoms with Crippen molar-refractivity contribution in [3.05, 3.63) is 54.2 Å². The molecule has 3 rings (SSSR count). The summed E-state index contributed by atoms with van der Waals surface area (Å²) in [4.78, 5) is 15.9. The van der Waals surface area contributed by atoms with Crippen molar-refractivity contribution < 1.29 is 14.3 Å². The lowest BCUT2D eigenvalue weighted by molar-refractivity contribution is 0.101. The summed E-state index contributed by atoms with van der Waals surface area (Å²) in [6.07, 6.45) is 1.50. The molecule has 0 saturated heterocycles. The van der Waals surface area contributed by atoms with Gasteiger partial charge in [-0.15, -0.1) is 5.10 Å². The molecule has 0 atom stereocenters. The predicted octanol–water partition coefficient (Wildman–Crippen LogP) is 3.58. The van der Waals surface area contributed by atoms with Crippen LogP contribution < -0.4 is 20.1 Å². The molecule has 8 heteroatoms. The highest BCUT2D eigenvalue weighted by Crippen LogP contribution is 2.31. The van der Waals surface area contributed by atoms with Gasteiger partial charge in [-0.05, 0) is 31.2 Å². The molecule has 0 spiro atoms. The molecule has 1 heterocycles. The Kier molecular flexibility index (Phi) is 5.46. The van der Waals surface area contributed by atoms with Crippen molar-refractivity contribution in [2.75, 3.05) is 24.9 Å². The Morgan fingerprint density at radius 2 is 1.89 bits per heavy atom. The van der Waals surface area contributed by atoms with E-state index < -0.39 is 0 Å². The molecule has 8 nitrogen and oxygen atoms in total. The minimum Gasteiger partial charge on any atom is -0.497 e. The summed E-state index contributed by atoms with van der Waals surface area (Å²) in [5.74, 6) is 2.07. The van der Waals surface area contributed by atoms with Crippen LogP contribution in [0.3, 0.4) is 0 Å². The number of carbonyl (C=O) groups excluding carboxylic acids is 1. The Bertz CT molecular complexity index is 962. The van der Waals surface area contributed by atoms with Crippen LogP contribution in [0, 0.1) is 0 Å². The maximum absolute atomic E-state index is 11.5. The van der Waals surface area contributed by atoms with Crippen LogP contribution in [-0.2, 0) is 0 Å². The van der Waals surface area contributed by atoms with E-state index in [0.717, 1.165) is 0 Å². The van der Waals surface area contributed by atoms with Gasteiger partial charge in [0.15, 0.2) is 11.6 Å². The number of nitrogens with zero attached hydrogens (tertiary/aromatic N) is 3. The van der Waals surface area contributed by atoms with Gasteiger partial charge in [0.25, 0.3) is 0 Å². The van der Waals surface area contributed by atoms with Crippen molar-refractivity contribution in [3.63, 3.8) is 0 Å². The van der Waals surface area contributed by atoms with Crippen LogP contribution in [0.5, 0.6) is 11.5 Å². The van der Waals surface area contributed by atoms with E-state index >= 15 is 0 Å². The molecule has 138 valence electrons. The smallest absolute Gasteiger partial charge is 0.249 e. The lowest BCUT2D eigenvalue weighted by Gasteiger charge is -2.12. The summed E-state index contributed by atoms with van der Waals surface area (Å²) in [6.45, 7) is 1.52. The van der Waals surface area contributed by atoms with Gasteiger partial charge in [-0.1, -0.05) is 12.1 Å². The Hall–Kier alpha value is -3.68. The number of ether oxygens (including phenoxy) is 2. The molecule has 0 bridgehead atoms. The number of ketones is 1. The average molecular weight is 365 g/mol. The number of benzene rings is 2. The number of hydrogen-bond acceptors (Lipinski definition) is 8. The number of nitrogens with one attached hydrogen (secondary N) is 2. The van der Waals surface area contributed by atoms with E-state index in [1.165, 1.54) is 13.1 Å². The first kappa shape index (κ1) is 18.1. The number of hydrogen-bond donors (Lipinski definition) is 2. The van der Waals surface area contributed by atoms with Crippen molar-refractivity contribution >= 4 is 28.9 Å². The van der Waals surface area contributed by atoms with Crippen LogP contribution >= 0.6 is 0 Å². The van der Waals surface area contributed by atoms with Gasteiger partial charge in [0, 0.05) is 17.3 Å². The van der Waals surface area contributed by atoms with Crippen LogP contribution in [0.2, 0.25) is 0 Å². The zero-order valence-electron chi connectivity index (χ0n) is 15.2. The minimum atomic E-state index is -0.0155. The fourth-order valence-electron chi connectivity index (χ4n) is 2.41. The van der Waals surface area contributed by atoms with E-state index in [1.807, 2.05) is 6.07 Å². The third-order valence-electron chi connectivity index (χ3n) is 3.75. The van der Waals surface area contributed by atoms with Gasteiger partial charge in [0.05, 0.1) is 26.1 Å². The average Bonchev–Trinajstić information content (AvgIpc) is 2.68. The maximum Gasteiger partial charge on any atom is 0.249 e. The Labute approximate surface area is 156 Å². The highest BCUT2D eigenvalue weighted by molar-refractivity contribution is 5.95. The van der Waals surface area contributed by atoms with E-state index in [-0.39, 0.29) is 5.78 Å². The van der Waals surface area contributed by atoms with Gasteiger partial charge in [-0.2, -0.15) is 10.1 Å². The number of carbonyl (C=O) groups is 1. The molecule has 2 N–H and O–H groups in total. The van der Waals surface area contributed by atoms with E-state index in [0.29, 0.717) is 40.2 Å². The normalized spacial score (nSPS) is 10.2. The zero-order valence-corrected chi connectivity index (χ0v) is 15.2. The van der Waals surface area contributed by atoms with Gasteiger partial charge >= 0.3 is 0 Å². The SMILES string of the molecule is COc1ccc(OC)c(Nc2cnnc(Nc3cccc(C(C)=O)c3)n2)c1. The van der Waals surface area contributed by atoms with Crippen LogP contribution in [0.1, 0.15) is 17.3 Å². The summed E-state index contributed by atoms with van der Waals surface area (Å²) in [5, 5.41) is 14.1. The molecule has 1 aromatic heterocycles. The summed E-state index contributed by atoms with van der Waals surface area (Å²) in [7, 11) is 3.18. The first-order valence-electron chi connectivity index (χ1n) is 8.16. The minimum absolute atomic E-state index is 0.0155. The molecule has 0 aliphatic heterocycles. The fraction of sp³-hybridized carbons (Fsp3) is 0.158. The molecule has 0 aliphatic rings. The Morgan fingerprint density at radius 1 is 1.04 bits per heavy atom. The van der Waals surface area contributed by atoms with Crippen molar-refractivity contribution in [1.82, 2.24) is 15.2 Å². The van der Waals surface area contributed by atoms with Gasteiger partial charge in [0.1, 0.15) is 11.5 Å².